The van der Waals surface area contributed by atoms with Crippen LogP contribution < -0.4 is 10.6 Å². The fourth-order valence-corrected chi connectivity index (χ4v) is 1.70. The van der Waals surface area contributed by atoms with Gasteiger partial charge < -0.3 is 10.6 Å². The van der Waals surface area contributed by atoms with Crippen LogP contribution >= 0.6 is 0 Å². The van der Waals surface area contributed by atoms with Crippen LogP contribution in [0, 0.1) is 0 Å². The van der Waals surface area contributed by atoms with Gasteiger partial charge in [-0.2, -0.15) is 0 Å². The highest BCUT2D eigenvalue weighted by Crippen LogP contribution is 2.18. The van der Waals surface area contributed by atoms with E-state index in [1.165, 1.54) is 25.7 Å². The molecule has 0 spiro atoms. The highest BCUT2D eigenvalue weighted by atomic mass is 16.1. The quantitative estimate of drug-likeness (QED) is 0.643. The van der Waals surface area contributed by atoms with Gasteiger partial charge in [0.05, 0.1) is 0 Å². The van der Waals surface area contributed by atoms with Gasteiger partial charge in [-0.15, -0.1) is 0 Å². The first-order chi connectivity index (χ1) is 6.22. The van der Waals surface area contributed by atoms with Gasteiger partial charge in [0.15, 0.2) is 0 Å². The predicted molar refractivity (Wildman–Crippen MR) is 53.2 cm³/mol. The molecule has 0 aromatic carbocycles. The molecule has 74 valence electrons. The molecule has 0 saturated heterocycles. The Bertz CT molecular complexity index is 205. The largest absolute Gasteiger partial charge is 0.386 e. The summed E-state index contributed by atoms with van der Waals surface area (Å²) in [5.41, 5.74) is 0.964. The first kappa shape index (κ1) is 10.1. The molecule has 13 heavy (non-hydrogen) atoms. The smallest absolute Gasteiger partial charge is 0.245 e. The number of allylic oxidation sites excluding steroid dienone is 1. The molecule has 0 aromatic rings. The molecule has 3 heteroatoms. The van der Waals surface area contributed by atoms with Gasteiger partial charge in [-0.1, -0.05) is 12.8 Å². The van der Waals surface area contributed by atoms with Crippen molar-refractivity contribution >= 4 is 5.91 Å². The Morgan fingerprint density at radius 3 is 2.54 bits per heavy atom. The van der Waals surface area contributed by atoms with E-state index >= 15 is 0 Å². The van der Waals surface area contributed by atoms with E-state index in [2.05, 4.69) is 10.6 Å². The molecule has 1 amide bonds. The molecule has 0 atom stereocenters. The Morgan fingerprint density at radius 1 is 1.38 bits per heavy atom. The van der Waals surface area contributed by atoms with E-state index in [4.69, 9.17) is 0 Å². The number of hydrogen-bond donors (Lipinski definition) is 2. The first-order valence-corrected chi connectivity index (χ1v) is 4.89. The molecule has 1 saturated carbocycles. The zero-order valence-electron chi connectivity index (χ0n) is 8.39. The number of hydrogen-bond acceptors (Lipinski definition) is 2. The number of carbonyl (C=O) groups is 1. The van der Waals surface area contributed by atoms with Crippen molar-refractivity contribution in [1.29, 1.82) is 0 Å². The second-order valence-corrected chi connectivity index (χ2v) is 3.57. The van der Waals surface area contributed by atoms with Crippen LogP contribution in [-0.4, -0.2) is 19.0 Å². The lowest BCUT2D eigenvalue weighted by Crippen LogP contribution is -2.26. The minimum absolute atomic E-state index is 0.0389. The molecule has 0 aliphatic heterocycles. The average molecular weight is 182 g/mol. The predicted octanol–water partition coefficient (Wildman–Crippen LogP) is 1.17. The lowest BCUT2D eigenvalue weighted by molar-refractivity contribution is -0.116. The fourth-order valence-electron chi connectivity index (χ4n) is 1.70. The van der Waals surface area contributed by atoms with E-state index in [9.17, 15) is 4.79 Å². The van der Waals surface area contributed by atoms with E-state index in [0.29, 0.717) is 6.04 Å². The van der Waals surface area contributed by atoms with Crippen LogP contribution in [0.25, 0.3) is 0 Å². The lowest BCUT2D eigenvalue weighted by atomic mass is 10.2. The third-order valence-electron chi connectivity index (χ3n) is 2.38. The topological polar surface area (TPSA) is 41.1 Å². The van der Waals surface area contributed by atoms with Crippen molar-refractivity contribution in [3.8, 4) is 0 Å². The Labute approximate surface area is 79.6 Å². The number of amides is 1. The number of rotatable bonds is 3. The van der Waals surface area contributed by atoms with Crippen molar-refractivity contribution in [2.75, 3.05) is 7.05 Å². The summed E-state index contributed by atoms with van der Waals surface area (Å²) in [6.07, 6.45) is 6.70. The fraction of sp³-hybridized carbons (Fsp3) is 0.700. The normalized spacial score (nSPS) is 18.8. The minimum Gasteiger partial charge on any atom is -0.386 e. The van der Waals surface area contributed by atoms with E-state index in [-0.39, 0.29) is 5.91 Å². The van der Waals surface area contributed by atoms with Crippen LogP contribution in [0.1, 0.15) is 32.6 Å². The standard InChI is InChI=1S/C10H18N2O/c1-8(7-10(13)11-2)12-9-5-3-4-6-9/h7,9,12H,3-6H2,1-2H3,(H,11,13)/b8-7-. The van der Waals surface area contributed by atoms with Crippen molar-refractivity contribution in [2.45, 2.75) is 38.6 Å². The summed E-state index contributed by atoms with van der Waals surface area (Å²) in [6.45, 7) is 1.94. The Hall–Kier alpha value is -0.990. The van der Waals surface area contributed by atoms with Gasteiger partial charge in [-0.05, 0) is 19.8 Å². The van der Waals surface area contributed by atoms with Gasteiger partial charge >= 0.3 is 0 Å². The molecular weight excluding hydrogens is 164 g/mol. The van der Waals surface area contributed by atoms with Crippen molar-refractivity contribution < 1.29 is 4.79 Å². The van der Waals surface area contributed by atoms with Gasteiger partial charge in [0.1, 0.15) is 0 Å². The third-order valence-corrected chi connectivity index (χ3v) is 2.38. The maximum absolute atomic E-state index is 11.0. The molecule has 0 unspecified atom stereocenters. The van der Waals surface area contributed by atoms with Crippen molar-refractivity contribution in [3.05, 3.63) is 11.8 Å². The van der Waals surface area contributed by atoms with Gasteiger partial charge in [0, 0.05) is 24.9 Å². The zero-order valence-corrected chi connectivity index (χ0v) is 8.39. The first-order valence-electron chi connectivity index (χ1n) is 4.89. The highest BCUT2D eigenvalue weighted by molar-refractivity contribution is 5.87. The molecule has 1 aliphatic rings. The molecule has 1 rings (SSSR count). The SMILES string of the molecule is CNC(=O)/C=C(/C)NC1CCCC1. The summed E-state index contributed by atoms with van der Waals surface area (Å²) in [6, 6.07) is 0.584. The maximum Gasteiger partial charge on any atom is 0.245 e. The van der Waals surface area contributed by atoms with Gasteiger partial charge in [-0.25, -0.2) is 0 Å². The van der Waals surface area contributed by atoms with Gasteiger partial charge in [0.25, 0.3) is 0 Å². The van der Waals surface area contributed by atoms with Crippen molar-refractivity contribution in [1.82, 2.24) is 10.6 Å². The molecule has 2 N–H and O–H groups in total. The number of likely N-dealkylation sites (N-methyl/N-ethyl adjacent to an activating group) is 1. The molecule has 0 heterocycles. The van der Waals surface area contributed by atoms with E-state index in [1.54, 1.807) is 13.1 Å². The van der Waals surface area contributed by atoms with Gasteiger partial charge in [0.2, 0.25) is 5.91 Å². The Morgan fingerprint density at radius 2 is 2.00 bits per heavy atom. The molecule has 0 aromatic heterocycles. The summed E-state index contributed by atoms with van der Waals surface area (Å²) in [4.78, 5) is 11.0. The van der Waals surface area contributed by atoms with Crippen molar-refractivity contribution in [3.63, 3.8) is 0 Å². The molecule has 0 radical (unpaired) electrons. The molecular formula is C10H18N2O. The monoisotopic (exact) mass is 182 g/mol. The molecule has 0 bridgehead atoms. The van der Waals surface area contributed by atoms with Crippen LogP contribution in [0.2, 0.25) is 0 Å². The minimum atomic E-state index is -0.0389. The summed E-state index contributed by atoms with van der Waals surface area (Å²) in [5.74, 6) is -0.0389. The van der Waals surface area contributed by atoms with Crippen LogP contribution in [0.5, 0.6) is 0 Å². The zero-order chi connectivity index (χ0) is 9.68. The summed E-state index contributed by atoms with van der Waals surface area (Å²) in [7, 11) is 1.64. The van der Waals surface area contributed by atoms with Crippen LogP contribution in [0.15, 0.2) is 11.8 Å². The number of nitrogens with one attached hydrogen (secondary N) is 2. The van der Waals surface area contributed by atoms with E-state index in [1.807, 2.05) is 6.92 Å². The third kappa shape index (κ3) is 3.49. The highest BCUT2D eigenvalue weighted by Gasteiger charge is 2.13. The summed E-state index contributed by atoms with van der Waals surface area (Å²) >= 11 is 0. The van der Waals surface area contributed by atoms with E-state index < -0.39 is 0 Å². The van der Waals surface area contributed by atoms with Gasteiger partial charge in [-0.3, -0.25) is 4.79 Å². The lowest BCUT2D eigenvalue weighted by Gasteiger charge is -2.13. The van der Waals surface area contributed by atoms with E-state index in [0.717, 1.165) is 5.70 Å². The molecule has 1 aliphatic carbocycles. The van der Waals surface area contributed by atoms with Crippen LogP contribution in [0.4, 0.5) is 0 Å². The summed E-state index contributed by atoms with van der Waals surface area (Å²) < 4.78 is 0. The van der Waals surface area contributed by atoms with Crippen molar-refractivity contribution in [2.24, 2.45) is 0 Å². The average Bonchev–Trinajstić information content (AvgIpc) is 2.56. The van der Waals surface area contributed by atoms with Crippen LogP contribution in [0.3, 0.4) is 0 Å². The molecule has 3 nitrogen and oxygen atoms in total. The second kappa shape index (κ2) is 4.90. The molecule has 1 fully saturated rings. The second-order valence-electron chi connectivity index (χ2n) is 3.57. The Kier molecular flexibility index (Phi) is 3.80. The Balaban J connectivity index is 2.34. The summed E-state index contributed by atoms with van der Waals surface area (Å²) in [5, 5.41) is 5.91. The maximum atomic E-state index is 11.0. The van der Waals surface area contributed by atoms with Crippen LogP contribution in [-0.2, 0) is 4.79 Å². The number of carbonyl (C=O) groups excluding carboxylic acids is 1.